The third-order valence-electron chi connectivity index (χ3n) is 5.64. The van der Waals surface area contributed by atoms with Gasteiger partial charge in [-0.2, -0.15) is 5.10 Å². The summed E-state index contributed by atoms with van der Waals surface area (Å²) in [5.41, 5.74) is 7.60. The fourth-order valence-corrected chi connectivity index (χ4v) is 3.92. The Morgan fingerprint density at radius 1 is 1.00 bits per heavy atom. The number of benzene rings is 3. The molecule has 3 aromatic rings. The third kappa shape index (κ3) is 5.60. The van der Waals surface area contributed by atoms with Crippen molar-refractivity contribution in [3.63, 3.8) is 0 Å². The maximum Gasteiger partial charge on any atom is 0.271 e. The fraction of sp³-hybridized carbons (Fsp3) is 0.259. The second-order valence-electron chi connectivity index (χ2n) is 8.17. The maximum absolute atomic E-state index is 12.4. The molecule has 0 aliphatic heterocycles. The van der Waals surface area contributed by atoms with E-state index < -0.39 is 0 Å². The Morgan fingerprint density at radius 2 is 1.74 bits per heavy atom. The van der Waals surface area contributed by atoms with Crippen LogP contribution in [0.2, 0.25) is 0 Å². The monoisotopic (exact) mass is 412 g/mol. The number of para-hydroxylation sites is 1. The smallest absolute Gasteiger partial charge is 0.271 e. The molecule has 3 aromatic carbocycles. The van der Waals surface area contributed by atoms with Gasteiger partial charge in [-0.15, -0.1) is 0 Å². The zero-order valence-electron chi connectivity index (χ0n) is 17.9. The Bertz CT molecular complexity index is 1040. The molecular formula is C27H28N2O2. The molecule has 0 bridgehead atoms. The predicted octanol–water partition coefficient (Wildman–Crippen LogP) is 6.23. The van der Waals surface area contributed by atoms with E-state index in [0.717, 1.165) is 47.4 Å². The van der Waals surface area contributed by atoms with Crippen LogP contribution in [0.4, 0.5) is 0 Å². The molecule has 1 unspecified atom stereocenters. The normalized spacial score (nSPS) is 17.3. The largest absolute Gasteiger partial charge is 0.488 e. The Labute approximate surface area is 184 Å². The van der Waals surface area contributed by atoms with Gasteiger partial charge in [-0.3, -0.25) is 4.79 Å². The molecule has 1 N–H and O–H groups in total. The van der Waals surface area contributed by atoms with Gasteiger partial charge in [-0.1, -0.05) is 67.6 Å². The van der Waals surface area contributed by atoms with Crippen LogP contribution in [0.1, 0.15) is 48.5 Å². The summed E-state index contributed by atoms with van der Waals surface area (Å²) < 4.78 is 6.09. The van der Waals surface area contributed by atoms with Gasteiger partial charge < -0.3 is 4.74 Å². The highest BCUT2D eigenvalue weighted by Crippen LogP contribution is 2.30. The van der Waals surface area contributed by atoms with Gasteiger partial charge >= 0.3 is 0 Å². The van der Waals surface area contributed by atoms with Crippen molar-refractivity contribution in [1.29, 1.82) is 0 Å². The lowest BCUT2D eigenvalue weighted by atomic mass is 9.89. The highest BCUT2D eigenvalue weighted by Gasteiger charge is 2.14. The maximum atomic E-state index is 12.4. The molecule has 1 saturated carbocycles. The molecular weight excluding hydrogens is 384 g/mol. The lowest BCUT2D eigenvalue weighted by Gasteiger charge is -2.18. The van der Waals surface area contributed by atoms with Crippen LogP contribution in [0.3, 0.4) is 0 Å². The van der Waals surface area contributed by atoms with Crippen LogP contribution in [0.25, 0.3) is 11.1 Å². The molecule has 0 aromatic heterocycles. The van der Waals surface area contributed by atoms with Crippen LogP contribution in [-0.2, 0) is 6.61 Å². The summed E-state index contributed by atoms with van der Waals surface area (Å²) in [5.74, 6) is 1.32. The first-order chi connectivity index (χ1) is 15.2. The van der Waals surface area contributed by atoms with Crippen molar-refractivity contribution in [2.45, 2.75) is 39.2 Å². The van der Waals surface area contributed by atoms with Gasteiger partial charge in [0.15, 0.2) is 0 Å². The molecule has 4 nitrogen and oxygen atoms in total. The van der Waals surface area contributed by atoms with Gasteiger partial charge in [-0.05, 0) is 60.9 Å². The van der Waals surface area contributed by atoms with Crippen LogP contribution >= 0.6 is 0 Å². The fourth-order valence-electron chi connectivity index (χ4n) is 3.92. The number of nitrogens with one attached hydrogen (secondary N) is 1. The summed E-state index contributed by atoms with van der Waals surface area (Å²) in [6.07, 6.45) is 4.34. The first kappa shape index (κ1) is 20.9. The van der Waals surface area contributed by atoms with E-state index in [9.17, 15) is 4.79 Å². The van der Waals surface area contributed by atoms with Crippen molar-refractivity contribution < 1.29 is 9.53 Å². The number of hydrogen-bond acceptors (Lipinski definition) is 3. The summed E-state index contributed by atoms with van der Waals surface area (Å²) in [4.78, 5) is 12.4. The minimum atomic E-state index is -0.174. The van der Waals surface area contributed by atoms with Gasteiger partial charge in [0.2, 0.25) is 0 Å². The average Bonchev–Trinajstić information content (AvgIpc) is 2.82. The molecule has 0 radical (unpaired) electrons. The number of hydrogen-bond donors (Lipinski definition) is 1. The molecule has 1 amide bonds. The summed E-state index contributed by atoms with van der Waals surface area (Å²) >= 11 is 0. The van der Waals surface area contributed by atoms with E-state index >= 15 is 0 Å². The SMILES string of the molecule is CC1CCCC(=NNC(=O)c2ccc(COc3ccccc3-c3ccccc3)cc2)C1. The van der Waals surface area contributed by atoms with Gasteiger partial charge in [0, 0.05) is 16.8 Å². The first-order valence-electron chi connectivity index (χ1n) is 10.9. The number of carbonyl (C=O) groups is 1. The summed E-state index contributed by atoms with van der Waals surface area (Å²) in [6.45, 7) is 2.67. The summed E-state index contributed by atoms with van der Waals surface area (Å²) in [7, 11) is 0. The van der Waals surface area contributed by atoms with Crippen molar-refractivity contribution in [2.24, 2.45) is 11.0 Å². The molecule has 158 valence electrons. The summed E-state index contributed by atoms with van der Waals surface area (Å²) in [6, 6.07) is 25.7. The third-order valence-corrected chi connectivity index (χ3v) is 5.64. The molecule has 0 saturated heterocycles. The molecule has 1 aliphatic carbocycles. The van der Waals surface area contributed by atoms with Gasteiger partial charge in [0.1, 0.15) is 12.4 Å². The van der Waals surface area contributed by atoms with Crippen LogP contribution in [0.15, 0.2) is 84.0 Å². The number of hydrazone groups is 1. The number of amides is 1. The number of rotatable bonds is 6. The van der Waals surface area contributed by atoms with Crippen molar-refractivity contribution >= 4 is 11.6 Å². The van der Waals surface area contributed by atoms with Gasteiger partial charge in [0.25, 0.3) is 5.91 Å². The summed E-state index contributed by atoms with van der Waals surface area (Å²) in [5, 5.41) is 4.34. The predicted molar refractivity (Wildman–Crippen MR) is 125 cm³/mol. The second-order valence-corrected chi connectivity index (χ2v) is 8.17. The standard InChI is InChI=1S/C27H28N2O2/c1-20-8-7-11-24(18-20)28-29-27(30)23-16-14-21(15-17-23)19-31-26-13-6-5-12-25(26)22-9-3-2-4-10-22/h2-6,9-10,12-17,20H,7-8,11,18-19H2,1H3,(H,29,30). The topological polar surface area (TPSA) is 50.7 Å². The lowest BCUT2D eigenvalue weighted by molar-refractivity contribution is 0.0954. The molecule has 1 aliphatic rings. The van der Waals surface area contributed by atoms with Crippen molar-refractivity contribution in [3.8, 4) is 16.9 Å². The molecule has 1 atom stereocenters. The van der Waals surface area contributed by atoms with E-state index in [1.165, 1.54) is 6.42 Å². The first-order valence-corrected chi connectivity index (χ1v) is 10.9. The number of nitrogens with zero attached hydrogens (tertiary/aromatic N) is 1. The minimum absolute atomic E-state index is 0.174. The van der Waals surface area contributed by atoms with E-state index in [1.54, 1.807) is 0 Å². The number of carbonyl (C=O) groups excluding carboxylic acids is 1. The van der Waals surface area contributed by atoms with Crippen molar-refractivity contribution in [1.82, 2.24) is 5.43 Å². The zero-order chi connectivity index (χ0) is 21.5. The van der Waals surface area contributed by atoms with Gasteiger partial charge in [0.05, 0.1) is 0 Å². The average molecular weight is 413 g/mol. The molecule has 4 rings (SSSR count). The highest BCUT2D eigenvalue weighted by atomic mass is 16.5. The molecule has 1 fully saturated rings. The van der Waals surface area contributed by atoms with Crippen molar-refractivity contribution in [3.05, 3.63) is 90.0 Å². The molecule has 0 heterocycles. The van der Waals surface area contributed by atoms with Crippen LogP contribution in [0.5, 0.6) is 5.75 Å². The van der Waals surface area contributed by atoms with Crippen LogP contribution in [-0.4, -0.2) is 11.6 Å². The van der Waals surface area contributed by atoms with Gasteiger partial charge in [-0.25, -0.2) is 5.43 Å². The van der Waals surface area contributed by atoms with E-state index in [4.69, 9.17) is 4.74 Å². The van der Waals surface area contributed by atoms with E-state index in [2.05, 4.69) is 35.7 Å². The van der Waals surface area contributed by atoms with E-state index in [1.807, 2.05) is 60.7 Å². The molecule has 4 heteroatoms. The van der Waals surface area contributed by atoms with Crippen LogP contribution < -0.4 is 10.2 Å². The van der Waals surface area contributed by atoms with E-state index in [-0.39, 0.29) is 5.91 Å². The van der Waals surface area contributed by atoms with Crippen LogP contribution in [0, 0.1) is 5.92 Å². The lowest BCUT2D eigenvalue weighted by Crippen LogP contribution is -2.22. The second kappa shape index (κ2) is 10.1. The molecule has 31 heavy (non-hydrogen) atoms. The highest BCUT2D eigenvalue weighted by molar-refractivity contribution is 5.95. The Hall–Kier alpha value is -3.40. The van der Waals surface area contributed by atoms with E-state index in [0.29, 0.717) is 18.1 Å². The quantitative estimate of drug-likeness (QED) is 0.488. The Balaban J connectivity index is 1.36. The number of ether oxygens (including phenoxy) is 1. The Morgan fingerprint density at radius 3 is 2.52 bits per heavy atom. The zero-order valence-corrected chi connectivity index (χ0v) is 17.9. The molecule has 0 spiro atoms. The Kier molecular flexibility index (Phi) is 6.78. The van der Waals surface area contributed by atoms with Crippen molar-refractivity contribution in [2.75, 3.05) is 0 Å². The minimum Gasteiger partial charge on any atom is -0.488 e.